The molecule has 1 aromatic carbocycles. The molecule has 0 bridgehead atoms. The van der Waals surface area contributed by atoms with Crippen molar-refractivity contribution in [3.8, 4) is 6.07 Å². The molecule has 1 aromatic rings. The van der Waals surface area contributed by atoms with E-state index in [0.29, 0.717) is 17.2 Å². The van der Waals surface area contributed by atoms with Gasteiger partial charge in [0.15, 0.2) is 0 Å². The van der Waals surface area contributed by atoms with Gasteiger partial charge in [0.05, 0.1) is 23.0 Å². The van der Waals surface area contributed by atoms with Crippen LogP contribution in [0.3, 0.4) is 0 Å². The Kier molecular flexibility index (Phi) is 3.00. The topological polar surface area (TPSA) is 61.8 Å². The molecule has 0 spiro atoms. The molecule has 0 aromatic heterocycles. The highest BCUT2D eigenvalue weighted by Gasteiger charge is 2.27. The van der Waals surface area contributed by atoms with Crippen LogP contribution in [0.1, 0.15) is 25.3 Å². The Bertz CT molecular complexity index is 416. The summed E-state index contributed by atoms with van der Waals surface area (Å²) in [4.78, 5) is 0. The van der Waals surface area contributed by atoms with Crippen molar-refractivity contribution in [3.63, 3.8) is 0 Å². The fraction of sp³-hybridized carbons (Fsp3) is 0.462. The smallest absolute Gasteiger partial charge is 0.0992 e. The van der Waals surface area contributed by atoms with E-state index in [4.69, 9.17) is 11.0 Å². The third-order valence-corrected chi connectivity index (χ3v) is 3.22. The molecule has 0 radical (unpaired) electrons. The van der Waals surface area contributed by atoms with Crippen LogP contribution in [0.15, 0.2) is 18.2 Å². The van der Waals surface area contributed by atoms with Crippen molar-refractivity contribution in [1.29, 1.82) is 5.26 Å². The number of anilines is 2. The lowest BCUT2D eigenvalue weighted by Gasteiger charge is -2.14. The van der Waals surface area contributed by atoms with E-state index in [1.54, 1.807) is 12.1 Å². The number of nitrogens with two attached hydrogens (primary N) is 1. The van der Waals surface area contributed by atoms with E-state index < -0.39 is 0 Å². The zero-order valence-electron chi connectivity index (χ0n) is 9.53. The van der Waals surface area contributed by atoms with Gasteiger partial charge in [-0.1, -0.05) is 6.92 Å². The molecule has 0 amide bonds. The fourth-order valence-electron chi connectivity index (χ4n) is 1.90. The van der Waals surface area contributed by atoms with Crippen molar-refractivity contribution in [1.82, 2.24) is 0 Å². The summed E-state index contributed by atoms with van der Waals surface area (Å²) in [7, 11) is 0. The molecule has 1 saturated carbocycles. The first kappa shape index (κ1) is 10.8. The Balaban J connectivity index is 1.96. The van der Waals surface area contributed by atoms with Gasteiger partial charge in [-0.15, -0.1) is 0 Å². The minimum Gasteiger partial charge on any atom is -0.397 e. The maximum absolute atomic E-state index is 8.73. The highest BCUT2D eigenvalue weighted by molar-refractivity contribution is 5.68. The maximum Gasteiger partial charge on any atom is 0.0992 e. The van der Waals surface area contributed by atoms with Gasteiger partial charge in [-0.3, -0.25) is 0 Å². The Hall–Kier alpha value is -1.69. The summed E-state index contributed by atoms with van der Waals surface area (Å²) >= 11 is 0. The van der Waals surface area contributed by atoms with Crippen molar-refractivity contribution in [3.05, 3.63) is 23.8 Å². The first-order chi connectivity index (χ1) is 7.70. The third kappa shape index (κ3) is 2.46. The lowest BCUT2D eigenvalue weighted by molar-refractivity contribution is 0.537. The van der Waals surface area contributed by atoms with Gasteiger partial charge in [-0.25, -0.2) is 0 Å². The van der Waals surface area contributed by atoms with Gasteiger partial charge in [-0.05, 0) is 42.9 Å². The Morgan fingerprint density at radius 3 is 2.88 bits per heavy atom. The normalized spacial score (nSPS) is 16.5. The van der Waals surface area contributed by atoms with Crippen LogP contribution in [-0.2, 0) is 0 Å². The highest BCUT2D eigenvalue weighted by Crippen LogP contribution is 2.36. The zero-order chi connectivity index (χ0) is 11.5. The molecule has 1 atom stereocenters. The second kappa shape index (κ2) is 4.44. The summed E-state index contributed by atoms with van der Waals surface area (Å²) < 4.78 is 0. The van der Waals surface area contributed by atoms with Gasteiger partial charge in [-0.2, -0.15) is 5.26 Å². The molecule has 3 nitrogen and oxygen atoms in total. The lowest BCUT2D eigenvalue weighted by Crippen LogP contribution is -2.13. The first-order valence-electron chi connectivity index (χ1n) is 5.74. The summed E-state index contributed by atoms with van der Waals surface area (Å²) in [6, 6.07) is 7.47. The Morgan fingerprint density at radius 1 is 1.56 bits per heavy atom. The largest absolute Gasteiger partial charge is 0.397 e. The Morgan fingerprint density at radius 2 is 2.31 bits per heavy atom. The second-order valence-corrected chi connectivity index (χ2v) is 4.61. The molecular formula is C13H17N3. The van der Waals surface area contributed by atoms with E-state index in [1.807, 2.05) is 6.07 Å². The van der Waals surface area contributed by atoms with E-state index >= 15 is 0 Å². The number of hydrogen-bond donors (Lipinski definition) is 2. The number of benzene rings is 1. The number of nitrogens with one attached hydrogen (secondary N) is 1. The van der Waals surface area contributed by atoms with Gasteiger partial charge in [0.2, 0.25) is 0 Å². The molecule has 3 N–H and O–H groups in total. The SMILES string of the molecule is CC(CNc1ccc(C#N)cc1N)C1CC1. The summed E-state index contributed by atoms with van der Waals surface area (Å²) in [5.74, 6) is 1.60. The van der Waals surface area contributed by atoms with Crippen molar-refractivity contribution in [2.45, 2.75) is 19.8 Å². The molecule has 1 fully saturated rings. The quantitative estimate of drug-likeness (QED) is 0.759. The molecular weight excluding hydrogens is 198 g/mol. The summed E-state index contributed by atoms with van der Waals surface area (Å²) in [5.41, 5.74) is 8.06. The predicted octanol–water partition coefficient (Wildman–Crippen LogP) is 2.60. The zero-order valence-corrected chi connectivity index (χ0v) is 9.53. The minimum atomic E-state index is 0.610. The van der Waals surface area contributed by atoms with Crippen LogP contribution in [0.5, 0.6) is 0 Å². The average Bonchev–Trinajstić information content (AvgIpc) is 3.10. The molecule has 2 rings (SSSR count). The van der Waals surface area contributed by atoms with E-state index in [9.17, 15) is 0 Å². The van der Waals surface area contributed by atoms with E-state index in [-0.39, 0.29) is 0 Å². The highest BCUT2D eigenvalue weighted by atomic mass is 14.9. The van der Waals surface area contributed by atoms with Crippen LogP contribution in [0.4, 0.5) is 11.4 Å². The van der Waals surface area contributed by atoms with Crippen LogP contribution < -0.4 is 11.1 Å². The summed E-state index contributed by atoms with van der Waals surface area (Å²) in [5, 5.41) is 12.1. The average molecular weight is 215 g/mol. The first-order valence-corrected chi connectivity index (χ1v) is 5.74. The Labute approximate surface area is 96.3 Å². The van der Waals surface area contributed by atoms with Gasteiger partial charge in [0.1, 0.15) is 0 Å². The van der Waals surface area contributed by atoms with Crippen LogP contribution in [-0.4, -0.2) is 6.54 Å². The monoisotopic (exact) mass is 215 g/mol. The second-order valence-electron chi connectivity index (χ2n) is 4.61. The number of nitrogen functional groups attached to an aromatic ring is 1. The van der Waals surface area contributed by atoms with Gasteiger partial charge in [0.25, 0.3) is 0 Å². The van der Waals surface area contributed by atoms with Crippen molar-refractivity contribution in [2.75, 3.05) is 17.6 Å². The molecule has 0 aliphatic heterocycles. The fourth-order valence-corrected chi connectivity index (χ4v) is 1.90. The van der Waals surface area contributed by atoms with Crippen molar-refractivity contribution < 1.29 is 0 Å². The van der Waals surface area contributed by atoms with E-state index in [1.165, 1.54) is 12.8 Å². The van der Waals surface area contributed by atoms with Gasteiger partial charge < -0.3 is 11.1 Å². The van der Waals surface area contributed by atoms with E-state index in [2.05, 4.69) is 18.3 Å². The molecule has 1 aliphatic rings. The van der Waals surface area contributed by atoms with E-state index in [0.717, 1.165) is 18.2 Å². The van der Waals surface area contributed by atoms with Crippen LogP contribution >= 0.6 is 0 Å². The van der Waals surface area contributed by atoms with Crippen LogP contribution in [0.2, 0.25) is 0 Å². The molecule has 1 unspecified atom stereocenters. The van der Waals surface area contributed by atoms with Crippen LogP contribution in [0.25, 0.3) is 0 Å². The van der Waals surface area contributed by atoms with Gasteiger partial charge in [0, 0.05) is 6.54 Å². The predicted molar refractivity (Wildman–Crippen MR) is 65.9 cm³/mol. The minimum absolute atomic E-state index is 0.610. The van der Waals surface area contributed by atoms with Crippen molar-refractivity contribution >= 4 is 11.4 Å². The summed E-state index contributed by atoms with van der Waals surface area (Å²) in [6.07, 6.45) is 2.73. The third-order valence-electron chi connectivity index (χ3n) is 3.22. The molecule has 1 aliphatic carbocycles. The number of rotatable bonds is 4. The molecule has 16 heavy (non-hydrogen) atoms. The summed E-state index contributed by atoms with van der Waals surface area (Å²) in [6.45, 7) is 3.23. The molecule has 0 saturated heterocycles. The van der Waals surface area contributed by atoms with Gasteiger partial charge >= 0.3 is 0 Å². The number of nitrogens with zero attached hydrogens (tertiary/aromatic N) is 1. The van der Waals surface area contributed by atoms with Crippen molar-refractivity contribution in [2.24, 2.45) is 11.8 Å². The lowest BCUT2D eigenvalue weighted by atomic mass is 10.1. The van der Waals surface area contributed by atoms with Crippen LogP contribution in [0, 0.1) is 23.2 Å². The number of hydrogen-bond acceptors (Lipinski definition) is 3. The number of nitriles is 1. The standard InChI is InChI=1S/C13H17N3/c1-9(11-3-4-11)8-16-13-5-2-10(7-14)6-12(13)15/h2,5-6,9,11,16H,3-4,8,15H2,1H3. The molecule has 3 heteroatoms. The molecule has 0 heterocycles. The maximum atomic E-state index is 8.73. The molecule has 84 valence electrons.